The molecule has 6 heteroatoms. The van der Waals surface area contributed by atoms with Gasteiger partial charge in [-0.05, 0) is 42.5 Å². The number of nitrogen functional groups attached to an aromatic ring is 1. The van der Waals surface area contributed by atoms with Crippen molar-refractivity contribution in [1.29, 1.82) is 0 Å². The van der Waals surface area contributed by atoms with Crippen molar-refractivity contribution in [2.24, 2.45) is 0 Å². The summed E-state index contributed by atoms with van der Waals surface area (Å²) in [5.74, 6) is -0.364. The predicted molar refractivity (Wildman–Crippen MR) is 70.4 cm³/mol. The highest BCUT2D eigenvalue weighted by atomic mass is 32.2. The molecule has 0 atom stereocenters. The monoisotopic (exact) mass is 281 g/mol. The fourth-order valence-corrected chi connectivity index (χ4v) is 2.09. The Bertz CT molecular complexity index is 696. The van der Waals surface area contributed by atoms with E-state index in [0.29, 0.717) is 11.4 Å². The van der Waals surface area contributed by atoms with E-state index in [1.54, 1.807) is 24.3 Å². The third kappa shape index (κ3) is 3.23. The number of ether oxygens (including phenoxy) is 1. The van der Waals surface area contributed by atoms with Gasteiger partial charge in [-0.1, -0.05) is 0 Å². The Morgan fingerprint density at radius 3 is 2.26 bits per heavy atom. The second kappa shape index (κ2) is 4.89. The maximum absolute atomic E-state index is 13.7. The summed E-state index contributed by atoms with van der Waals surface area (Å²) in [6, 6.07) is 9.95. The molecule has 0 aromatic heterocycles. The third-order valence-electron chi connectivity index (χ3n) is 2.44. The molecule has 100 valence electrons. The fourth-order valence-electron chi connectivity index (χ4n) is 1.46. The van der Waals surface area contributed by atoms with Gasteiger partial charge in [0.05, 0.1) is 4.90 Å². The Morgan fingerprint density at radius 1 is 1.11 bits per heavy atom. The number of benzene rings is 2. The molecule has 0 aliphatic carbocycles. The fraction of sp³-hybridized carbons (Fsp3) is 0.0769. The van der Waals surface area contributed by atoms with Gasteiger partial charge in [-0.2, -0.15) is 0 Å². The Balaban J connectivity index is 2.29. The average Bonchev–Trinajstić information content (AvgIpc) is 2.33. The van der Waals surface area contributed by atoms with Crippen molar-refractivity contribution in [2.45, 2.75) is 4.90 Å². The van der Waals surface area contributed by atoms with E-state index in [1.807, 2.05) is 0 Å². The molecule has 19 heavy (non-hydrogen) atoms. The average molecular weight is 281 g/mol. The van der Waals surface area contributed by atoms with E-state index < -0.39 is 15.7 Å². The number of nitrogens with two attached hydrogens (primary N) is 1. The second-order valence-corrected chi connectivity index (χ2v) is 6.05. The van der Waals surface area contributed by atoms with Crippen LogP contribution in [0.2, 0.25) is 0 Å². The molecule has 0 fully saturated rings. The largest absolute Gasteiger partial charge is 0.454 e. The van der Waals surface area contributed by atoms with Crippen LogP contribution in [0.5, 0.6) is 11.5 Å². The Labute approximate surface area is 110 Å². The summed E-state index contributed by atoms with van der Waals surface area (Å²) in [6.07, 6.45) is 1.02. The van der Waals surface area contributed by atoms with Gasteiger partial charge in [-0.3, -0.25) is 0 Å². The molecular weight excluding hydrogens is 269 g/mol. The molecule has 0 unspecified atom stereocenters. The standard InChI is InChI=1S/C13H12FNO3S/c1-19(16,17)11-6-7-13(12(14)8-11)18-10-4-2-9(15)3-5-10/h2-8H,15H2,1H3. The molecule has 0 amide bonds. The normalized spacial score (nSPS) is 11.3. The second-order valence-electron chi connectivity index (χ2n) is 4.04. The Morgan fingerprint density at radius 2 is 1.74 bits per heavy atom. The number of hydrogen-bond acceptors (Lipinski definition) is 4. The van der Waals surface area contributed by atoms with Gasteiger partial charge in [-0.25, -0.2) is 12.8 Å². The van der Waals surface area contributed by atoms with Crippen LogP contribution in [0.1, 0.15) is 0 Å². The van der Waals surface area contributed by atoms with Crippen molar-refractivity contribution in [3.8, 4) is 11.5 Å². The van der Waals surface area contributed by atoms with Gasteiger partial charge in [0.25, 0.3) is 0 Å². The van der Waals surface area contributed by atoms with Crippen LogP contribution in [0.4, 0.5) is 10.1 Å². The van der Waals surface area contributed by atoms with Gasteiger partial charge in [0.2, 0.25) is 0 Å². The zero-order valence-electron chi connectivity index (χ0n) is 10.1. The summed E-state index contributed by atoms with van der Waals surface area (Å²) in [7, 11) is -3.43. The van der Waals surface area contributed by atoms with Crippen LogP contribution in [-0.4, -0.2) is 14.7 Å². The maximum atomic E-state index is 13.7. The molecular formula is C13H12FNO3S. The maximum Gasteiger partial charge on any atom is 0.175 e. The number of sulfone groups is 1. The highest BCUT2D eigenvalue weighted by Crippen LogP contribution is 2.26. The Kier molecular flexibility index (Phi) is 3.44. The smallest absolute Gasteiger partial charge is 0.175 e. The van der Waals surface area contributed by atoms with Gasteiger partial charge in [0.15, 0.2) is 21.4 Å². The molecule has 2 aromatic rings. The van der Waals surface area contributed by atoms with E-state index in [2.05, 4.69) is 0 Å². The lowest BCUT2D eigenvalue weighted by Crippen LogP contribution is -1.98. The predicted octanol–water partition coefficient (Wildman–Crippen LogP) is 2.60. The molecule has 2 rings (SSSR count). The minimum absolute atomic E-state index is 0.0443. The zero-order valence-corrected chi connectivity index (χ0v) is 10.9. The first-order chi connectivity index (χ1) is 8.86. The van der Waals surface area contributed by atoms with Crippen LogP contribution in [0, 0.1) is 5.82 Å². The van der Waals surface area contributed by atoms with Crippen LogP contribution in [0.25, 0.3) is 0 Å². The highest BCUT2D eigenvalue weighted by Gasteiger charge is 2.12. The lowest BCUT2D eigenvalue weighted by Gasteiger charge is -2.08. The number of anilines is 1. The first-order valence-corrected chi connectivity index (χ1v) is 7.28. The SMILES string of the molecule is CS(=O)(=O)c1ccc(Oc2ccc(N)cc2)c(F)c1. The number of rotatable bonds is 3. The minimum Gasteiger partial charge on any atom is -0.454 e. The first kappa shape index (κ1) is 13.4. The van der Waals surface area contributed by atoms with E-state index in [4.69, 9.17) is 10.5 Å². The number of halogens is 1. The summed E-state index contributed by atoms with van der Waals surface area (Å²) >= 11 is 0. The molecule has 0 spiro atoms. The number of hydrogen-bond donors (Lipinski definition) is 1. The quantitative estimate of drug-likeness (QED) is 0.878. The molecule has 0 heterocycles. The molecule has 2 N–H and O–H groups in total. The van der Waals surface area contributed by atoms with Gasteiger partial charge < -0.3 is 10.5 Å². The van der Waals surface area contributed by atoms with Gasteiger partial charge in [0.1, 0.15) is 5.75 Å². The van der Waals surface area contributed by atoms with Crippen molar-refractivity contribution in [1.82, 2.24) is 0 Å². The van der Waals surface area contributed by atoms with Gasteiger partial charge in [-0.15, -0.1) is 0 Å². The summed E-state index contributed by atoms with van der Waals surface area (Å²) < 4.78 is 41.6. The van der Waals surface area contributed by atoms with E-state index >= 15 is 0 Å². The van der Waals surface area contributed by atoms with E-state index in [0.717, 1.165) is 12.3 Å². The molecule has 4 nitrogen and oxygen atoms in total. The summed E-state index contributed by atoms with van der Waals surface area (Å²) in [5, 5.41) is 0. The molecule has 0 radical (unpaired) electrons. The van der Waals surface area contributed by atoms with Crippen molar-refractivity contribution < 1.29 is 17.5 Å². The zero-order chi connectivity index (χ0) is 14.0. The van der Waals surface area contributed by atoms with E-state index in [9.17, 15) is 12.8 Å². The van der Waals surface area contributed by atoms with Crippen LogP contribution >= 0.6 is 0 Å². The molecule has 0 saturated carbocycles. The van der Waals surface area contributed by atoms with Crippen LogP contribution in [0.3, 0.4) is 0 Å². The molecule has 0 bridgehead atoms. The molecule has 2 aromatic carbocycles. The van der Waals surface area contributed by atoms with Crippen LogP contribution in [-0.2, 0) is 9.84 Å². The summed E-state index contributed by atoms with van der Waals surface area (Å²) in [4.78, 5) is -0.0883. The van der Waals surface area contributed by atoms with Gasteiger partial charge >= 0.3 is 0 Å². The first-order valence-electron chi connectivity index (χ1n) is 5.39. The van der Waals surface area contributed by atoms with Crippen molar-refractivity contribution >= 4 is 15.5 Å². The Hall–Kier alpha value is -2.08. The topological polar surface area (TPSA) is 69.4 Å². The van der Waals surface area contributed by atoms with Crippen molar-refractivity contribution in [3.63, 3.8) is 0 Å². The van der Waals surface area contributed by atoms with Crippen molar-refractivity contribution in [3.05, 3.63) is 48.3 Å². The molecule has 0 saturated heterocycles. The third-order valence-corrected chi connectivity index (χ3v) is 3.55. The summed E-state index contributed by atoms with van der Waals surface area (Å²) in [6.45, 7) is 0. The van der Waals surface area contributed by atoms with E-state index in [1.165, 1.54) is 12.1 Å². The highest BCUT2D eigenvalue weighted by molar-refractivity contribution is 7.90. The van der Waals surface area contributed by atoms with Gasteiger partial charge in [0, 0.05) is 11.9 Å². The van der Waals surface area contributed by atoms with Crippen molar-refractivity contribution in [2.75, 3.05) is 12.0 Å². The van der Waals surface area contributed by atoms with Crippen LogP contribution < -0.4 is 10.5 Å². The lowest BCUT2D eigenvalue weighted by molar-refractivity contribution is 0.441. The minimum atomic E-state index is -3.43. The molecule has 0 aliphatic rings. The lowest BCUT2D eigenvalue weighted by atomic mass is 10.3. The summed E-state index contributed by atoms with van der Waals surface area (Å²) in [5.41, 5.74) is 6.09. The molecule has 0 aliphatic heterocycles. The van der Waals surface area contributed by atoms with E-state index in [-0.39, 0.29) is 10.6 Å². The van der Waals surface area contributed by atoms with Crippen LogP contribution in [0.15, 0.2) is 47.4 Å².